The number of carbonyl (C=O) groups is 1. The second kappa shape index (κ2) is 2.95. The Labute approximate surface area is 67.4 Å². The van der Waals surface area contributed by atoms with Crippen LogP contribution in [-0.4, -0.2) is 29.6 Å². The highest BCUT2D eigenvalue weighted by Gasteiger charge is 2.44. The molecule has 70 valence electrons. The Morgan fingerprint density at radius 2 is 2.25 bits per heavy atom. The van der Waals surface area contributed by atoms with Gasteiger partial charge in [0.15, 0.2) is 6.04 Å². The fraction of sp³-hybridized carbons (Fsp3) is 0.833. The summed E-state index contributed by atoms with van der Waals surface area (Å²) in [6, 6.07) is -1.51. The molecule has 0 radical (unpaired) electrons. The first-order valence-corrected chi connectivity index (χ1v) is 3.56. The summed E-state index contributed by atoms with van der Waals surface area (Å²) in [5.41, 5.74) is 0. The number of hydrogen-bond acceptors (Lipinski definition) is 2. The lowest BCUT2D eigenvalue weighted by atomic mass is 10.0. The van der Waals surface area contributed by atoms with E-state index < -0.39 is 35.8 Å². The van der Waals surface area contributed by atoms with E-state index in [1.807, 2.05) is 0 Å². The molecular weight excluding hydrogens is 172 g/mol. The highest BCUT2D eigenvalue weighted by Crippen LogP contribution is 2.25. The minimum absolute atomic E-state index is 0.329. The molecule has 12 heavy (non-hydrogen) atoms. The van der Waals surface area contributed by atoms with Crippen LogP contribution >= 0.6 is 0 Å². The van der Waals surface area contributed by atoms with Gasteiger partial charge in [-0.1, -0.05) is 0 Å². The van der Waals surface area contributed by atoms with Gasteiger partial charge in [0, 0.05) is 0 Å². The fourth-order valence-electron chi connectivity index (χ4n) is 1.22. The van der Waals surface area contributed by atoms with E-state index in [4.69, 9.17) is 5.11 Å². The normalized spacial score (nSPS) is 34.6. The maximum Gasteiger partial charge on any atom is 0.363 e. The summed E-state index contributed by atoms with van der Waals surface area (Å²) in [7, 11) is 0. The van der Waals surface area contributed by atoms with Crippen molar-refractivity contribution < 1.29 is 23.7 Å². The average molecular weight is 181 g/mol. The highest BCUT2D eigenvalue weighted by atomic mass is 19.3. The zero-order valence-electron chi connectivity index (χ0n) is 6.22. The van der Waals surface area contributed by atoms with Gasteiger partial charge in [-0.2, -0.15) is 0 Å². The lowest BCUT2D eigenvalue weighted by Gasteiger charge is -2.36. The van der Waals surface area contributed by atoms with Crippen molar-refractivity contribution >= 4 is 5.97 Å². The second-order valence-corrected chi connectivity index (χ2v) is 2.92. The van der Waals surface area contributed by atoms with Gasteiger partial charge >= 0.3 is 5.97 Å². The predicted molar refractivity (Wildman–Crippen MR) is 34.8 cm³/mol. The van der Waals surface area contributed by atoms with Crippen molar-refractivity contribution in [3.8, 4) is 0 Å². The van der Waals surface area contributed by atoms with Crippen LogP contribution in [0.2, 0.25) is 0 Å². The van der Waals surface area contributed by atoms with Crippen LogP contribution in [-0.2, 0) is 4.79 Å². The summed E-state index contributed by atoms with van der Waals surface area (Å²) in [6.07, 6.45) is -1.36. The molecule has 0 aliphatic carbocycles. The van der Waals surface area contributed by atoms with Crippen molar-refractivity contribution in [3.05, 3.63) is 5.21 Å². The Morgan fingerprint density at radius 3 is 2.67 bits per heavy atom. The van der Waals surface area contributed by atoms with Crippen LogP contribution in [0.5, 0.6) is 0 Å². The summed E-state index contributed by atoms with van der Waals surface area (Å²) in [5, 5.41) is 18.6. The molecule has 0 aromatic rings. The predicted octanol–water partition coefficient (Wildman–Crippen LogP) is -0.749. The summed E-state index contributed by atoms with van der Waals surface area (Å²) in [4.78, 5) is 10.3. The summed E-state index contributed by atoms with van der Waals surface area (Å²) in [5.74, 6) is -4.43. The molecule has 2 N–H and O–H groups in total. The average Bonchev–Trinajstić information content (AvgIpc) is 1.94. The number of piperidine rings is 1. The van der Waals surface area contributed by atoms with Gasteiger partial charge in [-0.3, -0.25) is 0 Å². The maximum absolute atomic E-state index is 12.6. The lowest BCUT2D eigenvalue weighted by Crippen LogP contribution is -3.14. The van der Waals surface area contributed by atoms with Crippen molar-refractivity contribution in [1.29, 1.82) is 0 Å². The van der Waals surface area contributed by atoms with E-state index in [0.29, 0.717) is 0 Å². The van der Waals surface area contributed by atoms with E-state index in [9.17, 15) is 18.8 Å². The van der Waals surface area contributed by atoms with E-state index in [-0.39, 0.29) is 6.54 Å². The molecule has 2 atom stereocenters. The largest absolute Gasteiger partial charge is 0.634 e. The number of aliphatic carboxylic acids is 1. The van der Waals surface area contributed by atoms with Crippen LogP contribution in [0.15, 0.2) is 0 Å². The van der Waals surface area contributed by atoms with Gasteiger partial charge in [0.05, 0.1) is 19.4 Å². The number of carboxylic acid groups (broad SMARTS) is 1. The molecule has 6 heteroatoms. The molecule has 1 rings (SSSR count). The van der Waals surface area contributed by atoms with Crippen molar-refractivity contribution in [2.24, 2.45) is 0 Å². The molecule has 1 aliphatic heterocycles. The number of rotatable bonds is 1. The van der Waals surface area contributed by atoms with Gasteiger partial charge < -0.3 is 15.4 Å². The molecule has 4 nitrogen and oxygen atoms in total. The number of hydrogen-bond donors (Lipinski definition) is 2. The zero-order chi connectivity index (χ0) is 9.35. The monoisotopic (exact) mass is 181 g/mol. The molecule has 1 saturated heterocycles. The van der Waals surface area contributed by atoms with Crippen molar-refractivity contribution in [1.82, 2.24) is 0 Å². The van der Waals surface area contributed by atoms with Gasteiger partial charge in [-0.15, -0.1) is 0 Å². The standard InChI is InChI=1S/C6H9F2NO3/c7-6(8)1-2-9(12)4(3-6)5(10)11/h4,9H,1-3H2,(H,10,11). The molecular formula is C6H9F2NO3. The number of hydroxylamine groups is 2. The molecule has 0 amide bonds. The number of halogens is 2. The first-order chi connectivity index (χ1) is 5.42. The van der Waals surface area contributed by atoms with Gasteiger partial charge in [0.2, 0.25) is 0 Å². The third-order valence-corrected chi connectivity index (χ3v) is 1.93. The summed E-state index contributed by atoms with van der Waals surface area (Å²) < 4.78 is 25.1. The second-order valence-electron chi connectivity index (χ2n) is 2.92. The first-order valence-electron chi connectivity index (χ1n) is 3.56. The van der Waals surface area contributed by atoms with E-state index in [0.717, 1.165) is 0 Å². The van der Waals surface area contributed by atoms with Crippen LogP contribution < -0.4 is 5.06 Å². The highest BCUT2D eigenvalue weighted by molar-refractivity contribution is 5.72. The van der Waals surface area contributed by atoms with Gasteiger partial charge in [0.1, 0.15) is 0 Å². The topological polar surface area (TPSA) is 64.8 Å². The van der Waals surface area contributed by atoms with Crippen LogP contribution in [0.4, 0.5) is 8.78 Å². The molecule has 0 aromatic carbocycles. The Morgan fingerprint density at radius 1 is 1.67 bits per heavy atom. The fourth-order valence-corrected chi connectivity index (χ4v) is 1.22. The van der Waals surface area contributed by atoms with Gasteiger partial charge in [0.25, 0.3) is 5.92 Å². The van der Waals surface area contributed by atoms with Crippen LogP contribution in [0.1, 0.15) is 12.8 Å². The van der Waals surface area contributed by atoms with Crippen LogP contribution in [0.25, 0.3) is 0 Å². The molecule has 1 fully saturated rings. The number of quaternary nitrogens is 1. The van der Waals surface area contributed by atoms with Crippen molar-refractivity contribution in [3.63, 3.8) is 0 Å². The van der Waals surface area contributed by atoms with Gasteiger partial charge in [-0.05, 0) is 0 Å². The third kappa shape index (κ3) is 1.89. The van der Waals surface area contributed by atoms with E-state index >= 15 is 0 Å². The summed E-state index contributed by atoms with van der Waals surface area (Å²) >= 11 is 0. The molecule has 0 bridgehead atoms. The molecule has 2 unspecified atom stereocenters. The van der Waals surface area contributed by atoms with Crippen molar-refractivity contribution in [2.75, 3.05) is 6.54 Å². The number of nitrogens with one attached hydrogen (secondary N) is 1. The van der Waals surface area contributed by atoms with Crippen LogP contribution in [0, 0.1) is 5.21 Å². The molecule has 0 aromatic heterocycles. The minimum Gasteiger partial charge on any atom is -0.634 e. The SMILES string of the molecule is O=C(O)C1CC(F)(F)CC[NH+]1[O-]. The zero-order valence-corrected chi connectivity index (χ0v) is 6.22. The van der Waals surface area contributed by atoms with E-state index in [1.54, 1.807) is 0 Å². The Balaban J connectivity index is 2.66. The Kier molecular flexibility index (Phi) is 2.29. The molecule has 1 heterocycles. The summed E-state index contributed by atoms with van der Waals surface area (Å²) in [6.45, 7) is -0.329. The number of carboxylic acids is 1. The molecule has 0 saturated carbocycles. The van der Waals surface area contributed by atoms with Crippen molar-refractivity contribution in [2.45, 2.75) is 24.8 Å². The van der Waals surface area contributed by atoms with Crippen LogP contribution in [0.3, 0.4) is 0 Å². The smallest absolute Gasteiger partial charge is 0.363 e. The Hall–Kier alpha value is -0.750. The first kappa shape index (κ1) is 9.34. The Bertz CT molecular complexity index is 197. The lowest BCUT2D eigenvalue weighted by molar-refractivity contribution is -0.875. The van der Waals surface area contributed by atoms with E-state index in [1.165, 1.54) is 0 Å². The van der Waals surface area contributed by atoms with E-state index in [2.05, 4.69) is 0 Å². The minimum atomic E-state index is -2.99. The third-order valence-electron chi connectivity index (χ3n) is 1.93. The maximum atomic E-state index is 12.6. The molecule has 1 aliphatic rings. The quantitative estimate of drug-likeness (QED) is 0.523. The molecule has 0 spiro atoms. The number of alkyl halides is 2. The van der Waals surface area contributed by atoms with Gasteiger partial charge in [-0.25, -0.2) is 13.6 Å².